The summed E-state index contributed by atoms with van der Waals surface area (Å²) >= 11 is 0. The van der Waals surface area contributed by atoms with Crippen molar-refractivity contribution in [1.29, 1.82) is 0 Å². The number of anilines is 1. The van der Waals surface area contributed by atoms with E-state index >= 15 is 4.39 Å². The highest BCUT2D eigenvalue weighted by molar-refractivity contribution is 7.27. The number of halogens is 2. The van der Waals surface area contributed by atoms with Crippen LogP contribution in [0.2, 0.25) is 0 Å². The highest BCUT2D eigenvalue weighted by Crippen LogP contribution is 2.35. The number of nitrogens with one attached hydrogen (secondary N) is 1. The summed E-state index contributed by atoms with van der Waals surface area (Å²) in [5.74, 6) is -2.05. The number of hydrogen-bond acceptors (Lipinski definition) is 5. The predicted octanol–water partition coefficient (Wildman–Crippen LogP) is 2.78. The third-order valence-corrected chi connectivity index (χ3v) is 7.04. The molecule has 1 aliphatic heterocycles. The van der Waals surface area contributed by atoms with Gasteiger partial charge in [0.1, 0.15) is 29.0 Å². The summed E-state index contributed by atoms with van der Waals surface area (Å²) in [6, 6.07) is 9.06. The molecule has 1 N–H and O–H groups in total. The number of aromatic nitrogens is 1. The predicted molar refractivity (Wildman–Crippen MR) is 147 cm³/mol. The van der Waals surface area contributed by atoms with Crippen LogP contribution in [0.5, 0.6) is 11.5 Å². The average Bonchev–Trinajstić information content (AvgIpc) is 3.16. The molecule has 5 atom stereocenters. The van der Waals surface area contributed by atoms with Crippen LogP contribution in [0.3, 0.4) is 0 Å². The van der Waals surface area contributed by atoms with Crippen molar-refractivity contribution in [1.82, 2.24) is 9.88 Å². The Morgan fingerprint density at radius 1 is 1.16 bits per heavy atom. The molecule has 1 aliphatic rings. The summed E-state index contributed by atoms with van der Waals surface area (Å²) in [5, 5.41) is 3.18. The Labute approximate surface area is 222 Å². The van der Waals surface area contributed by atoms with Gasteiger partial charge in [-0.2, -0.15) is 4.39 Å². The molecular weight excluding hydrogens is 534 g/mol. The molecule has 0 bridgehead atoms. The van der Waals surface area contributed by atoms with Gasteiger partial charge in [-0.25, -0.2) is 4.39 Å². The van der Waals surface area contributed by atoms with Crippen LogP contribution in [0.1, 0.15) is 27.4 Å². The number of rotatable bonds is 7. The van der Waals surface area contributed by atoms with Crippen molar-refractivity contribution >= 4 is 41.3 Å². The van der Waals surface area contributed by atoms with Gasteiger partial charge in [0.15, 0.2) is 0 Å². The number of carbonyl (C=O) groups is 2. The van der Waals surface area contributed by atoms with Gasteiger partial charge < -0.3 is 24.3 Å². The number of aryl methyl sites for hydroxylation is 2. The van der Waals surface area contributed by atoms with Gasteiger partial charge in [-0.15, -0.1) is 9.24 Å². The smallest absolute Gasteiger partial charge is 0.274 e. The van der Waals surface area contributed by atoms with Crippen LogP contribution in [0.4, 0.5) is 14.5 Å². The first kappa shape index (κ1) is 27.7. The van der Waals surface area contributed by atoms with E-state index in [0.29, 0.717) is 16.6 Å². The van der Waals surface area contributed by atoms with Crippen LogP contribution in [0.15, 0.2) is 53.5 Å². The van der Waals surface area contributed by atoms with E-state index < -0.39 is 35.7 Å². The number of pyridine rings is 1. The Hall–Kier alpha value is -3.35. The molecule has 0 radical (unpaired) electrons. The maximum atomic E-state index is 15.4. The third-order valence-electron chi connectivity index (χ3n) is 6.42. The van der Waals surface area contributed by atoms with Crippen molar-refractivity contribution in [3.63, 3.8) is 0 Å². The Morgan fingerprint density at radius 2 is 1.84 bits per heavy atom. The standard InChI is InChI=1S/C26H27F2N3O5P2/c1-13-8-9-30(2)25(34)22(13)31-12-17(20-18(27)10-16(35-3)11-19(20)37)21(24(31)33)29-23(32)14-4-6-15(7-5-14)36-26(28)38/h4-11,17,21,26H,12,37-38H2,1-3H3,(H,29,32)/t17-,21-,26?/m0/s1. The number of hydrogen-bond donors (Lipinski definition) is 1. The lowest BCUT2D eigenvalue weighted by Crippen LogP contribution is -2.45. The fourth-order valence-corrected chi connectivity index (χ4v) is 5.22. The SMILES string of the molecule is COc1cc(F)c([C@@H]2CN(c3c(C)ccn(C)c3=O)C(=O)[C@H]2NC(=O)c2ccc(OC(F)P)cc2)c(P)c1. The van der Waals surface area contributed by atoms with Crippen molar-refractivity contribution < 1.29 is 27.8 Å². The Bertz CT molecular complexity index is 1420. The van der Waals surface area contributed by atoms with Gasteiger partial charge in [0.25, 0.3) is 11.5 Å². The van der Waals surface area contributed by atoms with Gasteiger partial charge in [-0.3, -0.25) is 14.4 Å². The number of ether oxygens (including phenoxy) is 2. The monoisotopic (exact) mass is 561 g/mol. The zero-order valence-electron chi connectivity index (χ0n) is 20.9. The van der Waals surface area contributed by atoms with E-state index in [9.17, 15) is 18.8 Å². The second-order valence-corrected chi connectivity index (χ2v) is 10.0. The normalized spacial score (nSPS) is 17.9. The van der Waals surface area contributed by atoms with Gasteiger partial charge in [-0.05, 0) is 54.2 Å². The van der Waals surface area contributed by atoms with Crippen molar-refractivity contribution in [3.05, 3.63) is 81.5 Å². The Kier molecular flexibility index (Phi) is 8.14. The molecule has 3 aromatic rings. The molecule has 2 heterocycles. The highest BCUT2D eigenvalue weighted by atomic mass is 31.0. The molecule has 2 aromatic carbocycles. The molecule has 2 amide bonds. The second kappa shape index (κ2) is 11.2. The minimum atomic E-state index is -1.60. The first-order valence-electron chi connectivity index (χ1n) is 11.6. The molecule has 8 nitrogen and oxygen atoms in total. The quantitative estimate of drug-likeness (QED) is 0.449. The zero-order valence-corrected chi connectivity index (χ0v) is 23.2. The maximum Gasteiger partial charge on any atom is 0.274 e. The number of benzene rings is 2. The zero-order chi connectivity index (χ0) is 27.7. The van der Waals surface area contributed by atoms with E-state index in [2.05, 4.69) is 14.6 Å². The summed E-state index contributed by atoms with van der Waals surface area (Å²) in [7, 11) is 7.29. The summed E-state index contributed by atoms with van der Waals surface area (Å²) in [5.41, 5.74) is 0.751. The van der Waals surface area contributed by atoms with E-state index in [1.807, 2.05) is 9.24 Å². The molecule has 12 heteroatoms. The maximum absolute atomic E-state index is 15.4. The fraction of sp³-hybridized carbons (Fsp3) is 0.269. The van der Waals surface area contributed by atoms with E-state index in [0.717, 1.165) is 0 Å². The first-order chi connectivity index (χ1) is 18.0. The molecule has 1 saturated heterocycles. The minimum Gasteiger partial charge on any atom is -0.497 e. The van der Waals surface area contributed by atoms with Crippen molar-refractivity contribution in [3.8, 4) is 11.5 Å². The average molecular weight is 561 g/mol. The van der Waals surface area contributed by atoms with Gasteiger partial charge in [0.05, 0.1) is 7.11 Å². The molecule has 38 heavy (non-hydrogen) atoms. The van der Waals surface area contributed by atoms with Gasteiger partial charge in [0.2, 0.25) is 12.0 Å². The topological polar surface area (TPSA) is 89.9 Å². The van der Waals surface area contributed by atoms with Crippen LogP contribution in [0, 0.1) is 12.7 Å². The number of carbonyl (C=O) groups excluding carboxylic acids is 2. The Morgan fingerprint density at radius 3 is 2.45 bits per heavy atom. The van der Waals surface area contributed by atoms with Gasteiger partial charge in [-0.1, -0.05) is 9.24 Å². The molecule has 1 fully saturated rings. The van der Waals surface area contributed by atoms with Crippen LogP contribution in [-0.4, -0.2) is 42.2 Å². The van der Waals surface area contributed by atoms with Crippen molar-refractivity contribution in [2.75, 3.05) is 18.6 Å². The van der Waals surface area contributed by atoms with Crippen LogP contribution in [0.25, 0.3) is 0 Å². The Balaban J connectivity index is 1.74. The summed E-state index contributed by atoms with van der Waals surface area (Å²) in [6.07, 6.45) is -0.00912. The lowest BCUT2D eigenvalue weighted by atomic mass is 9.93. The summed E-state index contributed by atoms with van der Waals surface area (Å²) < 4.78 is 39.9. The molecular formula is C26H27F2N3O5P2. The molecule has 0 saturated carbocycles. The highest BCUT2D eigenvalue weighted by Gasteiger charge is 2.45. The number of methoxy groups -OCH3 is 1. The summed E-state index contributed by atoms with van der Waals surface area (Å²) in [4.78, 5) is 41.2. The van der Waals surface area contributed by atoms with E-state index in [-0.39, 0.29) is 34.7 Å². The van der Waals surface area contributed by atoms with E-state index in [1.165, 1.54) is 46.9 Å². The number of alkyl halides is 1. The minimum absolute atomic E-state index is 0.0344. The largest absolute Gasteiger partial charge is 0.497 e. The van der Waals surface area contributed by atoms with Crippen molar-refractivity contribution in [2.24, 2.45) is 7.05 Å². The number of nitrogens with zero attached hydrogens (tertiary/aromatic N) is 2. The molecule has 0 aliphatic carbocycles. The lowest BCUT2D eigenvalue weighted by molar-refractivity contribution is -0.118. The van der Waals surface area contributed by atoms with Gasteiger partial charge in [0, 0.05) is 42.9 Å². The van der Waals surface area contributed by atoms with E-state index in [4.69, 9.17) is 9.47 Å². The molecule has 1 aromatic heterocycles. The van der Waals surface area contributed by atoms with Crippen molar-refractivity contribution in [2.45, 2.75) is 25.0 Å². The first-order valence-corrected chi connectivity index (χ1v) is 12.8. The lowest BCUT2D eigenvalue weighted by Gasteiger charge is -2.21. The third kappa shape index (κ3) is 5.42. The van der Waals surface area contributed by atoms with Gasteiger partial charge >= 0.3 is 0 Å². The molecule has 4 rings (SSSR count). The molecule has 200 valence electrons. The second-order valence-electron chi connectivity index (χ2n) is 8.88. The van der Waals surface area contributed by atoms with E-state index in [1.54, 1.807) is 32.3 Å². The fourth-order valence-electron chi connectivity index (χ4n) is 4.55. The van der Waals surface area contributed by atoms with Crippen LogP contribution >= 0.6 is 18.5 Å². The van der Waals surface area contributed by atoms with Crippen LogP contribution < -0.4 is 30.6 Å². The molecule has 0 spiro atoms. The number of amides is 2. The summed E-state index contributed by atoms with van der Waals surface area (Å²) in [6.45, 7) is 1.67. The molecule has 3 unspecified atom stereocenters. The van der Waals surface area contributed by atoms with Crippen LogP contribution in [-0.2, 0) is 11.8 Å².